The van der Waals surface area contributed by atoms with E-state index in [1.807, 2.05) is 19.9 Å². The van der Waals surface area contributed by atoms with Crippen LogP contribution in [0.1, 0.15) is 50.4 Å². The Kier molecular flexibility index (Phi) is 7.49. The molecule has 0 radical (unpaired) electrons. The second kappa shape index (κ2) is 9.13. The van der Waals surface area contributed by atoms with Crippen LogP contribution in [-0.4, -0.2) is 50.3 Å². The molecule has 0 saturated carbocycles. The summed E-state index contributed by atoms with van der Waals surface area (Å²) in [4.78, 5) is 3.64. The molecule has 132 valence electrons. The maximum absolute atomic E-state index is 12.6. The number of hydrogen-bond acceptors (Lipinski definition) is 4. The average Bonchev–Trinajstić information content (AvgIpc) is 3.21. The fourth-order valence-corrected chi connectivity index (χ4v) is 5.33. The summed E-state index contributed by atoms with van der Waals surface area (Å²) in [6.45, 7) is 7.74. The number of thiophene rings is 1. The molecule has 2 rings (SSSR count). The van der Waals surface area contributed by atoms with Crippen molar-refractivity contribution in [3.05, 3.63) is 22.4 Å². The number of likely N-dealkylation sites (tertiary alicyclic amines) is 1. The zero-order valence-corrected chi connectivity index (χ0v) is 15.8. The van der Waals surface area contributed by atoms with Gasteiger partial charge < -0.3 is 0 Å². The average molecular weight is 360 g/mol. The lowest BCUT2D eigenvalue weighted by Gasteiger charge is -2.28. The second-order valence-corrected chi connectivity index (χ2v) is 8.76. The van der Waals surface area contributed by atoms with E-state index in [1.165, 1.54) is 17.7 Å². The lowest BCUT2D eigenvalue weighted by atomic mass is 10.2. The minimum Gasteiger partial charge on any atom is -0.294 e. The topological polar surface area (TPSA) is 52.7 Å². The van der Waals surface area contributed by atoms with Gasteiger partial charge in [0.1, 0.15) is 0 Å². The smallest absolute Gasteiger partial charge is 0.279 e. The van der Waals surface area contributed by atoms with E-state index in [0.717, 1.165) is 25.9 Å². The summed E-state index contributed by atoms with van der Waals surface area (Å²) in [5.74, 6) is 0. The highest BCUT2D eigenvalue weighted by Crippen LogP contribution is 2.28. The molecule has 0 aromatic carbocycles. The quantitative estimate of drug-likeness (QED) is 0.699. The van der Waals surface area contributed by atoms with Crippen LogP contribution in [0.15, 0.2) is 17.5 Å². The maximum Gasteiger partial charge on any atom is 0.279 e. The van der Waals surface area contributed by atoms with Crippen LogP contribution in [0.5, 0.6) is 0 Å². The fraction of sp³-hybridized carbons (Fsp3) is 0.750. The lowest BCUT2D eigenvalue weighted by molar-refractivity contribution is 0.248. The van der Waals surface area contributed by atoms with Gasteiger partial charge in [0.05, 0.1) is 6.04 Å². The number of hydrogen-bond donors (Lipinski definition) is 1. The van der Waals surface area contributed by atoms with Gasteiger partial charge in [-0.3, -0.25) is 4.90 Å². The lowest BCUT2D eigenvalue weighted by Crippen LogP contribution is -2.44. The summed E-state index contributed by atoms with van der Waals surface area (Å²) in [5.41, 5.74) is 0. The van der Waals surface area contributed by atoms with Crippen LogP contribution >= 0.6 is 11.3 Å². The van der Waals surface area contributed by atoms with Crippen molar-refractivity contribution in [1.82, 2.24) is 13.9 Å². The van der Waals surface area contributed by atoms with Gasteiger partial charge in [0.2, 0.25) is 0 Å². The molecular weight excluding hydrogens is 330 g/mol. The van der Waals surface area contributed by atoms with Gasteiger partial charge in [0.25, 0.3) is 10.2 Å². The molecular formula is C16H29N3O2S2. The van der Waals surface area contributed by atoms with E-state index >= 15 is 0 Å². The van der Waals surface area contributed by atoms with Crippen molar-refractivity contribution in [2.24, 2.45) is 0 Å². The van der Waals surface area contributed by atoms with Crippen LogP contribution < -0.4 is 4.72 Å². The molecule has 1 atom stereocenters. The van der Waals surface area contributed by atoms with Crippen LogP contribution in [0, 0.1) is 0 Å². The zero-order chi connectivity index (χ0) is 16.7. The fourth-order valence-electron chi connectivity index (χ4n) is 3.07. The zero-order valence-electron chi connectivity index (χ0n) is 14.2. The molecule has 0 bridgehead atoms. The van der Waals surface area contributed by atoms with E-state index in [-0.39, 0.29) is 6.04 Å². The van der Waals surface area contributed by atoms with E-state index in [1.54, 1.807) is 15.6 Å². The summed E-state index contributed by atoms with van der Waals surface area (Å²) >= 11 is 1.71. The Labute approximate surface area is 144 Å². The van der Waals surface area contributed by atoms with Gasteiger partial charge in [-0.2, -0.15) is 12.7 Å². The highest BCUT2D eigenvalue weighted by Gasteiger charge is 2.27. The van der Waals surface area contributed by atoms with Crippen molar-refractivity contribution in [3.8, 4) is 0 Å². The van der Waals surface area contributed by atoms with E-state index in [2.05, 4.69) is 21.1 Å². The standard InChI is InChI=1S/C16H29N3O2S2/c1-3-9-19(10-4-2)23(20,21)17-14-15(16-8-7-13-22-16)18-11-5-6-12-18/h7-8,13,15,17H,3-6,9-12,14H2,1-2H3. The number of rotatable bonds is 10. The molecule has 1 saturated heterocycles. The molecule has 7 heteroatoms. The van der Waals surface area contributed by atoms with E-state index < -0.39 is 10.2 Å². The third-order valence-electron chi connectivity index (χ3n) is 4.20. The Hall–Kier alpha value is -0.470. The molecule has 1 aromatic rings. The van der Waals surface area contributed by atoms with Gasteiger partial charge in [-0.25, -0.2) is 4.72 Å². The summed E-state index contributed by atoms with van der Waals surface area (Å²) in [5, 5.41) is 2.06. The highest BCUT2D eigenvalue weighted by molar-refractivity contribution is 7.87. The summed E-state index contributed by atoms with van der Waals surface area (Å²) in [7, 11) is -3.40. The third kappa shape index (κ3) is 5.26. The Morgan fingerprint density at radius 2 is 1.91 bits per heavy atom. The summed E-state index contributed by atoms with van der Waals surface area (Å²) in [6, 6.07) is 4.30. The Balaban J connectivity index is 2.04. The van der Waals surface area contributed by atoms with Crippen molar-refractivity contribution in [2.75, 3.05) is 32.7 Å². The van der Waals surface area contributed by atoms with Crippen LogP contribution in [0.3, 0.4) is 0 Å². The summed E-state index contributed by atoms with van der Waals surface area (Å²) < 4.78 is 29.6. The van der Waals surface area contributed by atoms with Crippen LogP contribution in [0.4, 0.5) is 0 Å². The largest absolute Gasteiger partial charge is 0.294 e. The predicted molar refractivity (Wildman–Crippen MR) is 96.9 cm³/mol. The Morgan fingerprint density at radius 1 is 1.26 bits per heavy atom. The minimum atomic E-state index is -3.40. The van der Waals surface area contributed by atoms with Crippen molar-refractivity contribution in [2.45, 2.75) is 45.6 Å². The van der Waals surface area contributed by atoms with Crippen molar-refractivity contribution >= 4 is 21.5 Å². The number of nitrogens with one attached hydrogen (secondary N) is 1. The van der Waals surface area contributed by atoms with Crippen LogP contribution in [0.25, 0.3) is 0 Å². The predicted octanol–water partition coefficient (Wildman–Crippen LogP) is 2.84. The van der Waals surface area contributed by atoms with Gasteiger partial charge >= 0.3 is 0 Å². The van der Waals surface area contributed by atoms with Gasteiger partial charge in [-0.1, -0.05) is 19.9 Å². The van der Waals surface area contributed by atoms with Crippen LogP contribution in [0.2, 0.25) is 0 Å². The molecule has 1 N–H and O–H groups in total. The third-order valence-corrected chi connectivity index (χ3v) is 6.75. The van der Waals surface area contributed by atoms with E-state index in [9.17, 15) is 8.42 Å². The van der Waals surface area contributed by atoms with Gasteiger partial charge in [-0.05, 0) is 50.2 Å². The molecule has 1 fully saturated rings. The first-order chi connectivity index (χ1) is 11.1. The van der Waals surface area contributed by atoms with Gasteiger partial charge in [-0.15, -0.1) is 11.3 Å². The van der Waals surface area contributed by atoms with Gasteiger partial charge in [0, 0.05) is 24.5 Å². The molecule has 1 unspecified atom stereocenters. The molecule has 5 nitrogen and oxygen atoms in total. The van der Waals surface area contributed by atoms with Crippen molar-refractivity contribution in [3.63, 3.8) is 0 Å². The maximum atomic E-state index is 12.6. The highest BCUT2D eigenvalue weighted by atomic mass is 32.2. The van der Waals surface area contributed by atoms with Crippen LogP contribution in [-0.2, 0) is 10.2 Å². The van der Waals surface area contributed by atoms with Gasteiger partial charge in [0.15, 0.2) is 0 Å². The molecule has 0 spiro atoms. The first-order valence-electron chi connectivity index (χ1n) is 8.60. The molecule has 0 aliphatic carbocycles. The molecule has 1 aromatic heterocycles. The normalized spacial score (nSPS) is 17.9. The van der Waals surface area contributed by atoms with Crippen molar-refractivity contribution < 1.29 is 8.42 Å². The minimum absolute atomic E-state index is 0.150. The Bertz CT molecular complexity index is 534. The first-order valence-corrected chi connectivity index (χ1v) is 10.9. The number of nitrogens with zero attached hydrogens (tertiary/aromatic N) is 2. The van der Waals surface area contributed by atoms with E-state index in [0.29, 0.717) is 19.6 Å². The molecule has 23 heavy (non-hydrogen) atoms. The molecule has 1 aliphatic rings. The SMILES string of the molecule is CCCN(CCC)S(=O)(=O)NCC(c1cccs1)N1CCCC1. The molecule has 0 amide bonds. The van der Waals surface area contributed by atoms with Crippen molar-refractivity contribution in [1.29, 1.82) is 0 Å². The molecule has 2 heterocycles. The monoisotopic (exact) mass is 359 g/mol. The summed E-state index contributed by atoms with van der Waals surface area (Å²) in [6.07, 6.45) is 4.07. The molecule has 1 aliphatic heterocycles. The second-order valence-electron chi connectivity index (χ2n) is 6.03. The first kappa shape index (κ1) is 18.9. The Morgan fingerprint density at radius 3 is 2.43 bits per heavy atom. The van der Waals surface area contributed by atoms with E-state index in [4.69, 9.17) is 0 Å².